The summed E-state index contributed by atoms with van der Waals surface area (Å²) in [6.07, 6.45) is -4.36. The van der Waals surface area contributed by atoms with E-state index in [1.807, 2.05) is 20.8 Å². The molecule has 108 valence electrons. The maximum atomic E-state index is 12.8. The number of halogens is 3. The second-order valence-corrected chi connectivity index (χ2v) is 6.42. The lowest BCUT2D eigenvalue weighted by atomic mass is 9.95. The van der Waals surface area contributed by atoms with Crippen LogP contribution >= 0.6 is 11.3 Å². The van der Waals surface area contributed by atoms with Gasteiger partial charge in [0.1, 0.15) is 0 Å². The first-order valence-corrected chi connectivity index (χ1v) is 6.88. The summed E-state index contributed by atoms with van der Waals surface area (Å²) in [6.45, 7) is 7.17. The summed E-state index contributed by atoms with van der Waals surface area (Å²) in [6, 6.07) is 3.19. The molecule has 1 amide bonds. The monoisotopic (exact) mass is 293 g/mol. The van der Waals surface area contributed by atoms with Gasteiger partial charge in [0.15, 0.2) is 0 Å². The van der Waals surface area contributed by atoms with Crippen LogP contribution in [0.3, 0.4) is 0 Å². The van der Waals surface area contributed by atoms with Crippen molar-refractivity contribution in [3.63, 3.8) is 0 Å². The van der Waals surface area contributed by atoms with E-state index >= 15 is 0 Å². The Bertz CT molecular complexity index is 445. The normalized spacial score (nSPS) is 12.6. The van der Waals surface area contributed by atoms with E-state index in [1.54, 1.807) is 13.0 Å². The molecule has 1 heterocycles. The molecule has 0 saturated carbocycles. The predicted molar refractivity (Wildman–Crippen MR) is 70.4 cm³/mol. The number of amides is 1. The zero-order chi connectivity index (χ0) is 14.8. The summed E-state index contributed by atoms with van der Waals surface area (Å²) in [5.74, 6) is -0.963. The lowest BCUT2D eigenvalue weighted by Gasteiger charge is -2.23. The first-order valence-electron chi connectivity index (χ1n) is 6.06. The molecule has 19 heavy (non-hydrogen) atoms. The standard InChI is InChI=1S/C13H18F3NOS/c1-5-8-17(13(14,15)16)11(18)9-6-7-10(19-9)12(2,3)4/h6-7H,5,8H2,1-4H3. The number of thiophene rings is 1. The Morgan fingerprint density at radius 2 is 1.84 bits per heavy atom. The first-order chi connectivity index (χ1) is 8.57. The van der Waals surface area contributed by atoms with Crippen LogP contribution in [0.15, 0.2) is 12.1 Å². The average Bonchev–Trinajstić information content (AvgIpc) is 2.72. The number of carbonyl (C=O) groups excluding carboxylic acids is 1. The second kappa shape index (κ2) is 5.53. The van der Waals surface area contributed by atoms with Crippen molar-refractivity contribution in [2.75, 3.05) is 6.54 Å². The number of nitrogens with zero attached hydrogens (tertiary/aromatic N) is 1. The van der Waals surface area contributed by atoms with E-state index < -0.39 is 12.2 Å². The highest BCUT2D eigenvalue weighted by molar-refractivity contribution is 7.14. The molecule has 1 aromatic rings. The van der Waals surface area contributed by atoms with Crippen molar-refractivity contribution in [1.82, 2.24) is 4.90 Å². The van der Waals surface area contributed by atoms with Crippen LogP contribution in [0, 0.1) is 0 Å². The topological polar surface area (TPSA) is 20.3 Å². The van der Waals surface area contributed by atoms with Crippen molar-refractivity contribution in [3.8, 4) is 0 Å². The van der Waals surface area contributed by atoms with Crippen LogP contribution in [0.1, 0.15) is 48.7 Å². The summed E-state index contributed by atoms with van der Waals surface area (Å²) in [5.41, 5.74) is -0.170. The van der Waals surface area contributed by atoms with Crippen LogP contribution in [0.4, 0.5) is 13.2 Å². The van der Waals surface area contributed by atoms with Gasteiger partial charge in [0.05, 0.1) is 4.88 Å². The highest BCUT2D eigenvalue weighted by atomic mass is 32.1. The zero-order valence-electron chi connectivity index (χ0n) is 11.5. The van der Waals surface area contributed by atoms with Crippen LogP contribution in [0.5, 0.6) is 0 Å². The molecular weight excluding hydrogens is 275 g/mol. The van der Waals surface area contributed by atoms with Gasteiger partial charge in [-0.3, -0.25) is 4.79 Å². The first kappa shape index (κ1) is 16.0. The van der Waals surface area contributed by atoms with E-state index in [0.29, 0.717) is 0 Å². The van der Waals surface area contributed by atoms with Crippen LogP contribution in [0.25, 0.3) is 0 Å². The number of alkyl halides is 3. The molecule has 1 rings (SSSR count). The van der Waals surface area contributed by atoms with Crippen molar-refractivity contribution in [1.29, 1.82) is 0 Å². The Balaban J connectivity index is 3.01. The van der Waals surface area contributed by atoms with Gasteiger partial charge in [-0.05, 0) is 24.0 Å². The van der Waals surface area contributed by atoms with E-state index in [4.69, 9.17) is 0 Å². The molecule has 0 spiro atoms. The van der Waals surface area contributed by atoms with Gasteiger partial charge in [-0.2, -0.15) is 0 Å². The Morgan fingerprint density at radius 3 is 2.21 bits per heavy atom. The molecule has 0 aromatic carbocycles. The van der Waals surface area contributed by atoms with Gasteiger partial charge in [-0.25, -0.2) is 4.90 Å². The van der Waals surface area contributed by atoms with Gasteiger partial charge in [-0.15, -0.1) is 24.5 Å². The molecule has 0 saturated heterocycles. The Labute approximate surface area is 115 Å². The SMILES string of the molecule is CCCN(C(=O)c1ccc(C(C)(C)C)s1)C(F)(F)F. The summed E-state index contributed by atoms with van der Waals surface area (Å²) >= 11 is 1.13. The average molecular weight is 293 g/mol. The molecule has 0 aliphatic carbocycles. The number of rotatable bonds is 3. The zero-order valence-corrected chi connectivity index (χ0v) is 12.3. The van der Waals surface area contributed by atoms with E-state index in [0.717, 1.165) is 16.2 Å². The molecule has 0 aliphatic rings. The molecule has 0 unspecified atom stereocenters. The quantitative estimate of drug-likeness (QED) is 0.756. The summed E-state index contributed by atoms with van der Waals surface area (Å²) < 4.78 is 38.4. The third kappa shape index (κ3) is 3.96. The third-order valence-corrected chi connectivity index (χ3v) is 4.05. The third-order valence-electron chi connectivity index (χ3n) is 2.55. The Morgan fingerprint density at radius 1 is 1.26 bits per heavy atom. The minimum absolute atomic E-state index is 0.0225. The molecule has 0 N–H and O–H groups in total. The lowest BCUT2D eigenvalue weighted by Crippen LogP contribution is -2.42. The Kier molecular flexibility index (Phi) is 4.66. The molecule has 0 aliphatic heterocycles. The van der Waals surface area contributed by atoms with Crippen molar-refractivity contribution in [2.24, 2.45) is 0 Å². The molecule has 2 nitrogen and oxygen atoms in total. The summed E-state index contributed by atoms with van der Waals surface area (Å²) in [5, 5.41) is 0. The highest BCUT2D eigenvalue weighted by Crippen LogP contribution is 2.32. The summed E-state index contributed by atoms with van der Waals surface area (Å²) in [4.78, 5) is 12.9. The lowest BCUT2D eigenvalue weighted by molar-refractivity contribution is -0.224. The molecule has 0 atom stereocenters. The van der Waals surface area contributed by atoms with Crippen molar-refractivity contribution in [3.05, 3.63) is 21.9 Å². The number of carbonyl (C=O) groups is 1. The fourth-order valence-electron chi connectivity index (χ4n) is 1.56. The fourth-order valence-corrected chi connectivity index (χ4v) is 2.57. The summed E-state index contributed by atoms with van der Waals surface area (Å²) in [7, 11) is 0. The smallest absolute Gasteiger partial charge is 0.268 e. The maximum absolute atomic E-state index is 12.8. The highest BCUT2D eigenvalue weighted by Gasteiger charge is 2.41. The predicted octanol–water partition coefficient (Wildman–Crippen LogP) is 4.42. The van der Waals surface area contributed by atoms with Crippen molar-refractivity contribution in [2.45, 2.75) is 45.8 Å². The van der Waals surface area contributed by atoms with E-state index in [1.165, 1.54) is 6.07 Å². The van der Waals surface area contributed by atoms with Crippen LogP contribution in [0.2, 0.25) is 0 Å². The van der Waals surface area contributed by atoms with E-state index in [-0.39, 0.29) is 28.2 Å². The van der Waals surface area contributed by atoms with Crippen molar-refractivity contribution >= 4 is 17.2 Å². The van der Waals surface area contributed by atoms with Gasteiger partial charge in [0, 0.05) is 11.4 Å². The molecule has 0 bridgehead atoms. The molecule has 6 heteroatoms. The Hall–Kier alpha value is -1.04. The molecular formula is C13H18F3NOS. The number of hydrogen-bond acceptors (Lipinski definition) is 2. The van der Waals surface area contributed by atoms with Crippen molar-refractivity contribution < 1.29 is 18.0 Å². The molecule has 0 fully saturated rings. The molecule has 0 radical (unpaired) electrons. The minimum atomic E-state index is -4.63. The van der Waals surface area contributed by atoms with Gasteiger partial charge >= 0.3 is 6.30 Å². The van der Waals surface area contributed by atoms with Crippen LogP contribution in [-0.2, 0) is 5.41 Å². The van der Waals surface area contributed by atoms with E-state index in [2.05, 4.69) is 0 Å². The minimum Gasteiger partial charge on any atom is -0.268 e. The molecule has 1 aromatic heterocycles. The second-order valence-electron chi connectivity index (χ2n) is 5.34. The maximum Gasteiger partial charge on any atom is 0.487 e. The van der Waals surface area contributed by atoms with E-state index in [9.17, 15) is 18.0 Å². The van der Waals surface area contributed by atoms with Crippen LogP contribution < -0.4 is 0 Å². The fraction of sp³-hybridized carbons (Fsp3) is 0.615. The van der Waals surface area contributed by atoms with Gasteiger partial charge in [0.2, 0.25) is 0 Å². The van der Waals surface area contributed by atoms with Gasteiger partial charge in [0.25, 0.3) is 5.91 Å². The van der Waals surface area contributed by atoms with Gasteiger partial charge in [-0.1, -0.05) is 27.7 Å². The number of hydrogen-bond donors (Lipinski definition) is 0. The van der Waals surface area contributed by atoms with Gasteiger partial charge < -0.3 is 0 Å². The van der Waals surface area contributed by atoms with Crippen LogP contribution in [-0.4, -0.2) is 23.7 Å². The largest absolute Gasteiger partial charge is 0.487 e.